The van der Waals surface area contributed by atoms with Crippen LogP contribution in [0.3, 0.4) is 0 Å². The quantitative estimate of drug-likeness (QED) is 0.845. The smallest absolute Gasteiger partial charge is 0.244 e. The van der Waals surface area contributed by atoms with Gasteiger partial charge < -0.3 is 5.32 Å². The molecule has 1 aromatic heterocycles. The Balaban J connectivity index is 0.00000242. The molecule has 2 N–H and O–H groups in total. The zero-order valence-electron chi connectivity index (χ0n) is 13.7. The Hall–Kier alpha value is -0.630. The molecule has 0 amide bonds. The number of nitrogens with zero attached hydrogens (tertiary/aromatic N) is 2. The fourth-order valence-electron chi connectivity index (χ4n) is 2.82. The van der Waals surface area contributed by atoms with Crippen LogP contribution in [-0.4, -0.2) is 37.3 Å². The summed E-state index contributed by atoms with van der Waals surface area (Å²) in [6.45, 7) is 10.2. The highest BCUT2D eigenvalue weighted by molar-refractivity contribution is 7.89. The second-order valence-electron chi connectivity index (χ2n) is 6.24. The van der Waals surface area contributed by atoms with Crippen molar-refractivity contribution in [2.24, 2.45) is 5.92 Å². The fourth-order valence-corrected chi connectivity index (χ4v) is 4.51. The van der Waals surface area contributed by atoms with Crippen molar-refractivity contribution in [1.82, 2.24) is 19.8 Å². The first kappa shape index (κ1) is 19.4. The number of sulfonamides is 1. The molecule has 6 nitrogen and oxygen atoms in total. The molecule has 1 aromatic rings. The maximum Gasteiger partial charge on any atom is 0.244 e. The highest BCUT2D eigenvalue weighted by Crippen LogP contribution is 2.21. The van der Waals surface area contributed by atoms with Gasteiger partial charge in [-0.25, -0.2) is 13.1 Å². The van der Waals surface area contributed by atoms with Crippen molar-refractivity contribution in [3.8, 4) is 0 Å². The number of hydrogen-bond acceptors (Lipinski definition) is 4. The molecule has 0 spiro atoms. The Morgan fingerprint density at radius 2 is 2.09 bits per heavy atom. The zero-order valence-corrected chi connectivity index (χ0v) is 15.4. The van der Waals surface area contributed by atoms with E-state index < -0.39 is 10.0 Å². The van der Waals surface area contributed by atoms with Crippen LogP contribution in [0, 0.1) is 19.8 Å². The molecule has 22 heavy (non-hydrogen) atoms. The number of rotatable bonds is 5. The normalized spacial score (nSPS) is 19.2. The molecule has 8 heteroatoms. The van der Waals surface area contributed by atoms with Crippen LogP contribution in [-0.2, 0) is 16.6 Å². The summed E-state index contributed by atoms with van der Waals surface area (Å²) in [5.41, 5.74) is 1.29. The van der Waals surface area contributed by atoms with E-state index in [1.54, 1.807) is 11.6 Å². The summed E-state index contributed by atoms with van der Waals surface area (Å²) in [6.07, 6.45) is 1.88. The molecule has 0 radical (unpaired) electrons. The lowest BCUT2D eigenvalue weighted by molar-refractivity contribution is 0.428. The molecule has 0 saturated carbocycles. The van der Waals surface area contributed by atoms with E-state index in [4.69, 9.17) is 0 Å². The van der Waals surface area contributed by atoms with Gasteiger partial charge in [-0.1, -0.05) is 13.8 Å². The van der Waals surface area contributed by atoms with Gasteiger partial charge in [0, 0.05) is 19.1 Å². The van der Waals surface area contributed by atoms with Crippen LogP contribution in [0.1, 0.15) is 38.1 Å². The third-order valence-electron chi connectivity index (χ3n) is 3.74. The minimum atomic E-state index is -3.51. The van der Waals surface area contributed by atoms with Crippen molar-refractivity contribution in [1.29, 1.82) is 0 Å². The van der Waals surface area contributed by atoms with E-state index in [-0.39, 0.29) is 18.4 Å². The standard InChI is InChI=1S/C14H26N4O2S.ClH/c1-10(2)9-18-12(4)14(11(3)16-18)21(19,20)17-13-6-5-7-15-8-13;/h10,13,15,17H,5-9H2,1-4H3;1H. The third-order valence-corrected chi connectivity index (χ3v) is 5.51. The first-order valence-electron chi connectivity index (χ1n) is 7.58. The van der Waals surface area contributed by atoms with Crippen LogP contribution in [0.2, 0.25) is 0 Å². The van der Waals surface area contributed by atoms with E-state index >= 15 is 0 Å². The van der Waals surface area contributed by atoms with Gasteiger partial charge in [-0.3, -0.25) is 4.68 Å². The fraction of sp³-hybridized carbons (Fsp3) is 0.786. The Morgan fingerprint density at radius 3 is 2.64 bits per heavy atom. The summed E-state index contributed by atoms with van der Waals surface area (Å²) >= 11 is 0. The lowest BCUT2D eigenvalue weighted by Crippen LogP contribution is -2.45. The summed E-state index contributed by atoms with van der Waals surface area (Å²) in [6, 6.07) is -0.0315. The predicted octanol–water partition coefficient (Wildman–Crippen LogP) is 1.61. The van der Waals surface area contributed by atoms with E-state index in [1.807, 2.05) is 6.92 Å². The van der Waals surface area contributed by atoms with Gasteiger partial charge in [0.15, 0.2) is 0 Å². The lowest BCUT2D eigenvalue weighted by atomic mass is 10.1. The Morgan fingerprint density at radius 1 is 1.41 bits per heavy atom. The van der Waals surface area contributed by atoms with E-state index in [0.29, 0.717) is 23.1 Å². The van der Waals surface area contributed by atoms with Gasteiger partial charge in [0.1, 0.15) is 4.90 Å². The second kappa shape index (κ2) is 7.77. The van der Waals surface area contributed by atoms with Crippen LogP contribution in [0.4, 0.5) is 0 Å². The van der Waals surface area contributed by atoms with Crippen LogP contribution >= 0.6 is 12.4 Å². The summed E-state index contributed by atoms with van der Waals surface area (Å²) in [5, 5.41) is 7.61. The largest absolute Gasteiger partial charge is 0.315 e. The molecular weight excluding hydrogens is 324 g/mol. The van der Waals surface area contributed by atoms with Crippen LogP contribution in [0.25, 0.3) is 0 Å². The number of hydrogen-bond donors (Lipinski definition) is 2. The summed E-state index contributed by atoms with van der Waals surface area (Å²) in [7, 11) is -3.51. The summed E-state index contributed by atoms with van der Waals surface area (Å²) in [5.74, 6) is 0.425. The van der Waals surface area contributed by atoms with E-state index in [0.717, 1.165) is 31.6 Å². The van der Waals surface area contributed by atoms with Gasteiger partial charge in [-0.05, 0) is 39.2 Å². The van der Waals surface area contributed by atoms with E-state index in [1.165, 1.54) is 0 Å². The molecule has 1 aliphatic rings. The van der Waals surface area contributed by atoms with Crippen LogP contribution < -0.4 is 10.0 Å². The zero-order chi connectivity index (χ0) is 15.6. The SMILES string of the molecule is Cc1nn(CC(C)C)c(C)c1S(=O)(=O)NC1CCCNC1.Cl. The van der Waals surface area contributed by atoms with Gasteiger partial charge in [-0.15, -0.1) is 12.4 Å². The monoisotopic (exact) mass is 350 g/mol. The van der Waals surface area contributed by atoms with Gasteiger partial charge >= 0.3 is 0 Å². The highest BCUT2D eigenvalue weighted by atomic mass is 35.5. The average molecular weight is 351 g/mol. The maximum absolute atomic E-state index is 12.6. The maximum atomic E-state index is 12.6. The molecule has 1 saturated heterocycles. The summed E-state index contributed by atoms with van der Waals surface area (Å²) in [4.78, 5) is 0.341. The molecule has 1 aliphatic heterocycles. The van der Waals surface area contributed by atoms with Crippen molar-refractivity contribution in [3.63, 3.8) is 0 Å². The molecule has 0 aromatic carbocycles. The first-order valence-corrected chi connectivity index (χ1v) is 9.06. The highest BCUT2D eigenvalue weighted by Gasteiger charge is 2.28. The number of nitrogens with one attached hydrogen (secondary N) is 2. The number of halogens is 1. The molecule has 128 valence electrons. The molecule has 2 rings (SSSR count). The van der Waals surface area contributed by atoms with Crippen molar-refractivity contribution in [2.75, 3.05) is 13.1 Å². The van der Waals surface area contributed by atoms with Crippen LogP contribution in [0.5, 0.6) is 0 Å². The Kier molecular flexibility index (Phi) is 6.85. The lowest BCUT2D eigenvalue weighted by Gasteiger charge is -2.23. The molecule has 0 bridgehead atoms. The van der Waals surface area contributed by atoms with Crippen molar-refractivity contribution >= 4 is 22.4 Å². The molecule has 0 aliphatic carbocycles. The average Bonchev–Trinajstić information content (AvgIpc) is 2.64. The Bertz CT molecular complexity index is 592. The second-order valence-corrected chi connectivity index (χ2v) is 7.89. The summed E-state index contributed by atoms with van der Waals surface area (Å²) < 4.78 is 29.9. The van der Waals surface area contributed by atoms with Gasteiger partial charge in [0.25, 0.3) is 0 Å². The van der Waals surface area contributed by atoms with Crippen molar-refractivity contribution in [3.05, 3.63) is 11.4 Å². The van der Waals surface area contributed by atoms with Crippen molar-refractivity contribution in [2.45, 2.75) is 58.0 Å². The van der Waals surface area contributed by atoms with Gasteiger partial charge in [0.05, 0.1) is 11.4 Å². The van der Waals surface area contributed by atoms with E-state index in [2.05, 4.69) is 29.0 Å². The number of piperidine rings is 1. The topological polar surface area (TPSA) is 76.0 Å². The van der Waals surface area contributed by atoms with Gasteiger partial charge in [0.2, 0.25) is 10.0 Å². The Labute approximate surface area is 139 Å². The third kappa shape index (κ3) is 4.44. The van der Waals surface area contributed by atoms with Gasteiger partial charge in [-0.2, -0.15) is 5.10 Å². The first-order chi connectivity index (χ1) is 9.81. The van der Waals surface area contributed by atoms with E-state index in [9.17, 15) is 8.42 Å². The minimum absolute atomic E-state index is 0. The molecule has 1 fully saturated rings. The number of aromatic nitrogens is 2. The molecule has 1 unspecified atom stereocenters. The van der Waals surface area contributed by atoms with Crippen molar-refractivity contribution < 1.29 is 8.42 Å². The molecular formula is C14H27ClN4O2S. The molecule has 2 heterocycles. The van der Waals surface area contributed by atoms with Crippen LogP contribution in [0.15, 0.2) is 4.90 Å². The minimum Gasteiger partial charge on any atom is -0.315 e. The predicted molar refractivity (Wildman–Crippen MR) is 90.0 cm³/mol. The molecule has 1 atom stereocenters. The number of aryl methyl sites for hydroxylation is 1.